The molecular formula is C24H19N3O6S. The number of ketones is 1. The average Bonchev–Trinajstić information content (AvgIpc) is 3.30. The maximum atomic E-state index is 12.9. The Hall–Kier alpha value is -4.15. The van der Waals surface area contributed by atoms with Gasteiger partial charge in [-0.3, -0.25) is 4.79 Å². The van der Waals surface area contributed by atoms with E-state index in [1.54, 1.807) is 35.2 Å². The lowest BCUT2D eigenvalue weighted by molar-refractivity contribution is 0.101. The van der Waals surface area contributed by atoms with Crippen LogP contribution in [-0.4, -0.2) is 41.0 Å². The van der Waals surface area contributed by atoms with Crippen molar-refractivity contribution in [2.24, 2.45) is 7.05 Å². The molecule has 34 heavy (non-hydrogen) atoms. The molecule has 2 aromatic carbocycles. The lowest BCUT2D eigenvalue weighted by Gasteiger charge is -2.07. The number of phenolic OH excluding ortho intramolecular Hbond substituents is 2. The Balaban J connectivity index is 1.64. The van der Waals surface area contributed by atoms with Crippen LogP contribution in [0.5, 0.6) is 17.2 Å². The summed E-state index contributed by atoms with van der Waals surface area (Å²) in [5.74, 6) is -1.01. The number of carbonyl (C=O) groups is 1. The standard InChI is InChI=1S/C24H19N3O6S/c1-25-34(31,32)16-5-3-13(4-6-16)17-7-8-26-24-21(17)14(12-27(24)2)9-20-23(30)22-18(29)10-15(28)11-19(22)33-20/h3-12,25,28-29H,1-2H3/b20-9-. The highest BCUT2D eigenvalue weighted by Crippen LogP contribution is 2.41. The summed E-state index contributed by atoms with van der Waals surface area (Å²) in [7, 11) is -0.395. The molecule has 0 spiro atoms. The summed E-state index contributed by atoms with van der Waals surface area (Å²) in [5, 5.41) is 20.5. The van der Waals surface area contributed by atoms with Crippen LogP contribution in [0.1, 0.15) is 15.9 Å². The molecule has 0 bridgehead atoms. The van der Waals surface area contributed by atoms with Crippen molar-refractivity contribution in [3.8, 4) is 28.4 Å². The Morgan fingerprint density at radius 3 is 2.56 bits per heavy atom. The van der Waals surface area contributed by atoms with Crippen molar-refractivity contribution in [2.75, 3.05) is 7.05 Å². The summed E-state index contributed by atoms with van der Waals surface area (Å²) < 4.78 is 33.9. The van der Waals surface area contributed by atoms with E-state index in [9.17, 15) is 23.4 Å². The van der Waals surface area contributed by atoms with Gasteiger partial charge in [0.25, 0.3) is 0 Å². The lowest BCUT2D eigenvalue weighted by atomic mass is 10.0. The topological polar surface area (TPSA) is 131 Å². The highest BCUT2D eigenvalue weighted by atomic mass is 32.2. The van der Waals surface area contributed by atoms with Crippen molar-refractivity contribution < 1.29 is 28.2 Å². The normalized spacial score (nSPS) is 14.5. The summed E-state index contributed by atoms with van der Waals surface area (Å²) in [4.78, 5) is 17.5. The number of hydrogen-bond acceptors (Lipinski definition) is 7. The van der Waals surface area contributed by atoms with Crippen LogP contribution in [0.3, 0.4) is 0 Å². The van der Waals surface area contributed by atoms with Crippen LogP contribution in [0, 0.1) is 0 Å². The molecule has 4 aromatic rings. The Bertz CT molecular complexity index is 1620. The number of hydrogen-bond donors (Lipinski definition) is 3. The zero-order valence-electron chi connectivity index (χ0n) is 18.1. The SMILES string of the molecule is CNS(=O)(=O)c1ccc(-c2ccnc3c2c(/C=C2\Oc4cc(O)cc(O)c4C2=O)cn3C)cc1. The number of sulfonamides is 1. The predicted octanol–water partition coefficient (Wildman–Crippen LogP) is 3.18. The average molecular weight is 477 g/mol. The van der Waals surface area contributed by atoms with E-state index in [1.165, 1.54) is 25.2 Å². The van der Waals surface area contributed by atoms with Crippen LogP contribution < -0.4 is 9.46 Å². The van der Waals surface area contributed by atoms with Gasteiger partial charge in [0.15, 0.2) is 5.76 Å². The zero-order valence-corrected chi connectivity index (χ0v) is 18.9. The molecule has 3 N–H and O–H groups in total. The lowest BCUT2D eigenvalue weighted by Crippen LogP contribution is -2.18. The first-order valence-electron chi connectivity index (χ1n) is 10.2. The van der Waals surface area contributed by atoms with Crippen molar-refractivity contribution in [3.05, 3.63) is 71.7 Å². The molecule has 0 saturated heterocycles. The van der Waals surface area contributed by atoms with Gasteiger partial charge in [-0.2, -0.15) is 0 Å². The van der Waals surface area contributed by atoms with Gasteiger partial charge in [0.1, 0.15) is 28.5 Å². The van der Waals surface area contributed by atoms with Gasteiger partial charge in [-0.05, 0) is 42.4 Å². The highest BCUT2D eigenvalue weighted by Gasteiger charge is 2.31. The molecule has 1 aliphatic heterocycles. The number of aryl methyl sites for hydroxylation is 1. The van der Waals surface area contributed by atoms with E-state index in [4.69, 9.17) is 4.74 Å². The van der Waals surface area contributed by atoms with Crippen molar-refractivity contribution >= 4 is 32.9 Å². The second-order valence-electron chi connectivity index (χ2n) is 7.76. The molecule has 10 heteroatoms. The van der Waals surface area contributed by atoms with Crippen molar-refractivity contribution in [1.82, 2.24) is 14.3 Å². The molecule has 0 saturated carbocycles. The summed E-state index contributed by atoms with van der Waals surface area (Å²) in [6, 6.07) is 10.6. The van der Waals surface area contributed by atoms with Crippen LogP contribution in [0.2, 0.25) is 0 Å². The number of rotatable bonds is 4. The summed E-state index contributed by atoms with van der Waals surface area (Å²) in [5.41, 5.74) is 2.84. The number of fused-ring (bicyclic) bond motifs is 2. The molecule has 0 fully saturated rings. The number of allylic oxidation sites excluding steroid dienone is 1. The van der Waals surface area contributed by atoms with Crippen molar-refractivity contribution in [2.45, 2.75) is 4.90 Å². The van der Waals surface area contributed by atoms with Crippen LogP contribution in [0.15, 0.2) is 65.5 Å². The summed E-state index contributed by atoms with van der Waals surface area (Å²) >= 11 is 0. The van der Waals surface area contributed by atoms with Crippen molar-refractivity contribution in [3.63, 3.8) is 0 Å². The van der Waals surface area contributed by atoms with Gasteiger partial charge in [0, 0.05) is 42.5 Å². The minimum Gasteiger partial charge on any atom is -0.508 e. The smallest absolute Gasteiger partial charge is 0.240 e. The first kappa shape index (κ1) is 21.7. The minimum absolute atomic E-state index is 0.00587. The summed E-state index contributed by atoms with van der Waals surface area (Å²) in [6.45, 7) is 0. The van der Waals surface area contributed by atoms with Crippen LogP contribution >= 0.6 is 0 Å². The number of aromatic nitrogens is 2. The Morgan fingerprint density at radius 1 is 1.12 bits per heavy atom. The van der Waals surface area contributed by atoms with E-state index in [-0.39, 0.29) is 33.5 Å². The fraction of sp³-hybridized carbons (Fsp3) is 0.0833. The number of pyridine rings is 1. The van der Waals surface area contributed by atoms with E-state index in [2.05, 4.69) is 9.71 Å². The Morgan fingerprint density at radius 2 is 1.85 bits per heavy atom. The molecule has 0 unspecified atom stereocenters. The molecule has 0 atom stereocenters. The first-order valence-corrected chi connectivity index (χ1v) is 11.7. The van der Waals surface area contributed by atoms with Gasteiger partial charge in [-0.1, -0.05) is 12.1 Å². The quantitative estimate of drug-likeness (QED) is 0.385. The molecule has 2 aromatic heterocycles. The number of nitrogens with one attached hydrogen (secondary N) is 1. The largest absolute Gasteiger partial charge is 0.508 e. The third-order valence-corrected chi connectivity index (χ3v) is 7.08. The molecule has 5 rings (SSSR count). The molecule has 0 radical (unpaired) electrons. The van der Waals surface area contributed by atoms with E-state index in [0.717, 1.165) is 22.6 Å². The second-order valence-corrected chi connectivity index (χ2v) is 9.65. The highest BCUT2D eigenvalue weighted by molar-refractivity contribution is 7.89. The maximum absolute atomic E-state index is 12.9. The number of nitrogens with zero attached hydrogens (tertiary/aromatic N) is 2. The predicted molar refractivity (Wildman–Crippen MR) is 125 cm³/mol. The monoisotopic (exact) mass is 477 g/mol. The third kappa shape index (κ3) is 3.40. The van der Waals surface area contributed by atoms with Crippen LogP contribution in [0.4, 0.5) is 0 Å². The number of benzene rings is 2. The minimum atomic E-state index is -3.57. The van der Waals surface area contributed by atoms with Gasteiger partial charge in [0.05, 0.1) is 4.90 Å². The Kier molecular flexibility index (Phi) is 4.92. The van der Waals surface area contributed by atoms with Gasteiger partial charge >= 0.3 is 0 Å². The first-order chi connectivity index (χ1) is 16.2. The molecule has 0 amide bonds. The van der Waals surface area contributed by atoms with Gasteiger partial charge in [0.2, 0.25) is 15.8 Å². The van der Waals surface area contributed by atoms with Crippen molar-refractivity contribution in [1.29, 1.82) is 0 Å². The molecule has 172 valence electrons. The Labute approximate surface area is 194 Å². The second kappa shape index (κ2) is 7.72. The van der Waals surface area contributed by atoms with Gasteiger partial charge < -0.3 is 19.5 Å². The van der Waals surface area contributed by atoms with Crippen LogP contribution in [-0.2, 0) is 17.1 Å². The van der Waals surface area contributed by atoms with Crippen LogP contribution in [0.25, 0.3) is 28.2 Å². The number of phenols is 2. The fourth-order valence-electron chi connectivity index (χ4n) is 4.04. The molecule has 3 heterocycles. The number of Topliss-reactive ketones (excluding diaryl/α,β-unsaturated/α-hetero) is 1. The number of ether oxygens (including phenoxy) is 1. The van der Waals surface area contributed by atoms with E-state index in [0.29, 0.717) is 11.2 Å². The summed E-state index contributed by atoms with van der Waals surface area (Å²) in [6.07, 6.45) is 5.01. The molecule has 1 aliphatic rings. The van der Waals surface area contributed by atoms with E-state index < -0.39 is 15.8 Å². The molecule has 9 nitrogen and oxygen atoms in total. The maximum Gasteiger partial charge on any atom is 0.240 e. The third-order valence-electron chi connectivity index (χ3n) is 5.65. The fourth-order valence-corrected chi connectivity index (χ4v) is 4.77. The number of carbonyl (C=O) groups excluding carboxylic acids is 1. The van der Waals surface area contributed by atoms with Gasteiger partial charge in [-0.15, -0.1) is 0 Å². The van der Waals surface area contributed by atoms with E-state index in [1.807, 2.05) is 13.1 Å². The zero-order chi connectivity index (χ0) is 24.2. The van der Waals surface area contributed by atoms with Gasteiger partial charge in [-0.25, -0.2) is 18.1 Å². The number of aromatic hydroxyl groups is 2. The van der Waals surface area contributed by atoms with E-state index >= 15 is 0 Å². The molecule has 0 aliphatic carbocycles. The molecular weight excluding hydrogens is 458 g/mol.